The summed E-state index contributed by atoms with van der Waals surface area (Å²) in [6.07, 6.45) is 1.81. The minimum absolute atomic E-state index is 0.0855. The molecular weight excluding hydrogens is 462 g/mol. The number of unbranched alkanes of at least 4 members (excludes halogenated alkanes) is 1. The molecule has 8 nitrogen and oxygen atoms in total. The first-order chi connectivity index (χ1) is 15.9. The number of hydrogen-bond acceptors (Lipinski definition) is 6. The van der Waals surface area contributed by atoms with Gasteiger partial charge in [0.25, 0.3) is 5.56 Å². The smallest absolute Gasteiger partial charge is 0.262 e. The van der Waals surface area contributed by atoms with Gasteiger partial charge in [-0.15, -0.1) is 10.2 Å². The van der Waals surface area contributed by atoms with Crippen LogP contribution in [0.25, 0.3) is 16.7 Å². The number of thioether (sulfide) groups is 1. The summed E-state index contributed by atoms with van der Waals surface area (Å²) in [6, 6.07) is 12.4. The zero-order valence-corrected chi connectivity index (χ0v) is 20.1. The van der Waals surface area contributed by atoms with E-state index < -0.39 is 5.25 Å². The van der Waals surface area contributed by atoms with E-state index in [0.29, 0.717) is 44.8 Å². The van der Waals surface area contributed by atoms with Crippen LogP contribution in [0, 0.1) is 0 Å². The van der Waals surface area contributed by atoms with Gasteiger partial charge in [-0.2, -0.15) is 0 Å². The van der Waals surface area contributed by atoms with Crippen molar-refractivity contribution in [1.82, 2.24) is 19.2 Å². The van der Waals surface area contributed by atoms with Crippen molar-refractivity contribution >= 4 is 51.6 Å². The topological polar surface area (TPSA) is 90.5 Å². The molecule has 33 heavy (non-hydrogen) atoms. The largest absolute Gasteiger partial charge is 0.495 e. The number of methoxy groups -OCH3 is 1. The van der Waals surface area contributed by atoms with Gasteiger partial charge in [-0.3, -0.25) is 18.6 Å². The number of aromatic nitrogens is 4. The monoisotopic (exact) mass is 485 g/mol. The molecule has 4 aromatic rings. The molecule has 1 unspecified atom stereocenters. The summed E-state index contributed by atoms with van der Waals surface area (Å²) in [4.78, 5) is 25.9. The number of halogens is 1. The van der Waals surface area contributed by atoms with Crippen LogP contribution in [0.2, 0.25) is 5.02 Å². The molecule has 0 aliphatic rings. The molecule has 0 bridgehead atoms. The molecule has 0 aliphatic carbocycles. The maximum atomic E-state index is 13.1. The molecule has 0 aliphatic heterocycles. The highest BCUT2D eigenvalue weighted by molar-refractivity contribution is 8.00. The van der Waals surface area contributed by atoms with Gasteiger partial charge in [0, 0.05) is 12.2 Å². The standard InChI is InChI=1S/C23H24ClN5O3S/c1-4-5-12-28-21(31)16-8-6-7-9-18(16)29-22(28)26-27-23(29)33-14(2)20(30)25-15-10-11-19(32-3)17(24)13-15/h6-11,13-14H,4-5,12H2,1-3H3,(H,25,30). The molecule has 0 saturated carbocycles. The molecule has 2 aromatic carbocycles. The van der Waals surface area contributed by atoms with E-state index in [1.54, 1.807) is 35.8 Å². The maximum Gasteiger partial charge on any atom is 0.262 e. The Balaban J connectivity index is 1.66. The lowest BCUT2D eigenvalue weighted by molar-refractivity contribution is -0.115. The second kappa shape index (κ2) is 9.84. The van der Waals surface area contributed by atoms with E-state index in [4.69, 9.17) is 16.3 Å². The van der Waals surface area contributed by atoms with Gasteiger partial charge in [0.2, 0.25) is 11.7 Å². The normalized spacial score (nSPS) is 12.2. The minimum Gasteiger partial charge on any atom is -0.495 e. The number of aryl methyl sites for hydroxylation is 1. The molecule has 2 aromatic heterocycles. The predicted octanol–water partition coefficient (Wildman–Crippen LogP) is 4.63. The summed E-state index contributed by atoms with van der Waals surface area (Å²) in [5, 5.41) is 12.6. The molecule has 10 heteroatoms. The molecule has 1 amide bonds. The van der Waals surface area contributed by atoms with Gasteiger partial charge in [0.05, 0.1) is 28.3 Å². The van der Waals surface area contributed by atoms with E-state index in [-0.39, 0.29) is 11.5 Å². The number of ether oxygens (including phenoxy) is 1. The number of rotatable bonds is 8. The van der Waals surface area contributed by atoms with E-state index in [2.05, 4.69) is 22.4 Å². The lowest BCUT2D eigenvalue weighted by atomic mass is 10.2. The first kappa shape index (κ1) is 23.1. The molecule has 4 rings (SSSR count). The van der Waals surface area contributed by atoms with Crippen LogP contribution in [0.4, 0.5) is 5.69 Å². The number of benzene rings is 2. The molecule has 1 N–H and O–H groups in total. The Morgan fingerprint density at radius 1 is 1.24 bits per heavy atom. The molecule has 0 radical (unpaired) electrons. The summed E-state index contributed by atoms with van der Waals surface area (Å²) in [6.45, 7) is 4.42. The number of carbonyl (C=O) groups excluding carboxylic acids is 1. The fourth-order valence-corrected chi connectivity index (χ4v) is 4.64. The summed E-state index contributed by atoms with van der Waals surface area (Å²) in [7, 11) is 1.53. The zero-order valence-electron chi connectivity index (χ0n) is 18.5. The number of hydrogen-bond donors (Lipinski definition) is 1. The van der Waals surface area contributed by atoms with E-state index in [9.17, 15) is 9.59 Å². The third-order valence-electron chi connectivity index (χ3n) is 5.28. The Morgan fingerprint density at radius 2 is 2.03 bits per heavy atom. The van der Waals surface area contributed by atoms with Crippen LogP contribution in [0.15, 0.2) is 52.4 Å². The fourth-order valence-electron chi connectivity index (χ4n) is 3.53. The van der Waals surface area contributed by atoms with Crippen molar-refractivity contribution in [1.29, 1.82) is 0 Å². The van der Waals surface area contributed by atoms with Crippen molar-refractivity contribution in [3.8, 4) is 5.75 Å². The maximum absolute atomic E-state index is 13.1. The SMILES string of the molecule is CCCCn1c(=O)c2ccccc2n2c(SC(C)C(=O)Nc3ccc(OC)c(Cl)c3)nnc12. The number of fused-ring (bicyclic) bond motifs is 3. The van der Waals surface area contributed by atoms with E-state index in [0.717, 1.165) is 12.8 Å². The van der Waals surface area contributed by atoms with Crippen LogP contribution in [-0.4, -0.2) is 37.4 Å². The third kappa shape index (κ3) is 4.56. The number of nitrogens with one attached hydrogen (secondary N) is 1. The van der Waals surface area contributed by atoms with Crippen LogP contribution < -0.4 is 15.6 Å². The highest BCUT2D eigenvalue weighted by atomic mass is 35.5. The third-order valence-corrected chi connectivity index (χ3v) is 6.62. The van der Waals surface area contributed by atoms with Gasteiger partial charge in [-0.25, -0.2) is 0 Å². The van der Waals surface area contributed by atoms with Crippen molar-refractivity contribution in [3.63, 3.8) is 0 Å². The lowest BCUT2D eigenvalue weighted by Gasteiger charge is -2.13. The molecule has 1 atom stereocenters. The van der Waals surface area contributed by atoms with Crippen molar-refractivity contribution < 1.29 is 9.53 Å². The summed E-state index contributed by atoms with van der Waals surface area (Å²) < 4.78 is 8.66. The first-order valence-electron chi connectivity index (χ1n) is 10.6. The number of nitrogens with zero attached hydrogens (tertiary/aromatic N) is 4. The summed E-state index contributed by atoms with van der Waals surface area (Å²) >= 11 is 7.44. The number of anilines is 1. The average Bonchev–Trinajstić information content (AvgIpc) is 3.22. The van der Waals surface area contributed by atoms with Crippen LogP contribution in [0.1, 0.15) is 26.7 Å². The number of amides is 1. The highest BCUT2D eigenvalue weighted by Gasteiger charge is 2.22. The molecule has 2 heterocycles. The van der Waals surface area contributed by atoms with Crippen LogP contribution >= 0.6 is 23.4 Å². The van der Waals surface area contributed by atoms with Crippen molar-refractivity contribution in [2.45, 2.75) is 43.6 Å². The zero-order chi connectivity index (χ0) is 23.5. The molecule has 172 valence electrons. The van der Waals surface area contributed by atoms with E-state index in [1.807, 2.05) is 22.6 Å². The van der Waals surface area contributed by atoms with Gasteiger partial charge in [0.15, 0.2) is 5.16 Å². The summed E-state index contributed by atoms with van der Waals surface area (Å²) in [5.41, 5.74) is 1.20. The van der Waals surface area contributed by atoms with Crippen molar-refractivity contribution in [2.24, 2.45) is 0 Å². The molecule has 0 fully saturated rings. The highest BCUT2D eigenvalue weighted by Crippen LogP contribution is 2.29. The van der Waals surface area contributed by atoms with Gasteiger partial charge < -0.3 is 10.1 Å². The second-order valence-electron chi connectivity index (χ2n) is 7.54. The Bertz CT molecular complexity index is 1380. The van der Waals surface area contributed by atoms with Gasteiger partial charge in [0.1, 0.15) is 5.75 Å². The Kier molecular flexibility index (Phi) is 6.90. The van der Waals surface area contributed by atoms with Crippen molar-refractivity contribution in [3.05, 3.63) is 57.8 Å². The first-order valence-corrected chi connectivity index (χ1v) is 11.9. The molecule has 0 spiro atoms. The van der Waals surface area contributed by atoms with Crippen molar-refractivity contribution in [2.75, 3.05) is 12.4 Å². The van der Waals surface area contributed by atoms with Gasteiger partial charge in [-0.05, 0) is 43.7 Å². The Morgan fingerprint density at radius 3 is 2.76 bits per heavy atom. The quantitative estimate of drug-likeness (QED) is 0.366. The number of para-hydroxylation sites is 1. The van der Waals surface area contributed by atoms with Crippen LogP contribution in [0.5, 0.6) is 5.75 Å². The van der Waals surface area contributed by atoms with E-state index in [1.165, 1.54) is 18.9 Å². The van der Waals surface area contributed by atoms with Crippen LogP contribution in [-0.2, 0) is 11.3 Å². The summed E-state index contributed by atoms with van der Waals surface area (Å²) in [5.74, 6) is 0.804. The second-order valence-corrected chi connectivity index (χ2v) is 9.26. The van der Waals surface area contributed by atoms with Gasteiger partial charge >= 0.3 is 0 Å². The minimum atomic E-state index is -0.479. The molecule has 0 saturated heterocycles. The fraction of sp³-hybridized carbons (Fsp3) is 0.304. The van der Waals surface area contributed by atoms with Gasteiger partial charge in [-0.1, -0.05) is 48.8 Å². The number of carbonyl (C=O) groups is 1. The lowest BCUT2D eigenvalue weighted by Crippen LogP contribution is -2.24. The van der Waals surface area contributed by atoms with E-state index >= 15 is 0 Å². The molecular formula is C23H24ClN5O3S. The Hall–Kier alpha value is -3.04. The van der Waals surface area contributed by atoms with Crippen LogP contribution in [0.3, 0.4) is 0 Å². The predicted molar refractivity (Wildman–Crippen MR) is 132 cm³/mol. The Labute approximate surface area is 199 Å². The average molecular weight is 486 g/mol.